The summed E-state index contributed by atoms with van der Waals surface area (Å²) in [4.78, 5) is 15.3. The first-order chi connectivity index (χ1) is 7.56. The first kappa shape index (κ1) is 11.1. The predicted molar refractivity (Wildman–Crippen MR) is 60.2 cm³/mol. The third-order valence-electron chi connectivity index (χ3n) is 2.37. The van der Waals surface area contributed by atoms with Gasteiger partial charge in [0.15, 0.2) is 0 Å². The van der Waals surface area contributed by atoms with Crippen LogP contribution in [0.4, 0.5) is 4.39 Å². The second kappa shape index (κ2) is 4.22. The first-order valence-corrected chi connectivity index (χ1v) is 5.25. The zero-order valence-corrected chi connectivity index (χ0v) is 9.38. The Hall–Kier alpha value is -1.42. The predicted octanol–water partition coefficient (Wildman–Crippen LogP) is 1.94. The Balaban J connectivity index is 2.16. The number of carbonyl (C=O) groups excluding carboxylic acids is 1. The van der Waals surface area contributed by atoms with Gasteiger partial charge in [0.25, 0.3) is 0 Å². The number of carbonyl (C=O) groups is 1. The fourth-order valence-electron chi connectivity index (χ4n) is 1.51. The van der Waals surface area contributed by atoms with E-state index in [2.05, 4.69) is 10.3 Å². The van der Waals surface area contributed by atoms with Crippen LogP contribution in [0.3, 0.4) is 0 Å². The highest BCUT2D eigenvalue weighted by molar-refractivity contribution is 6.31. The molecule has 84 valence electrons. The summed E-state index contributed by atoms with van der Waals surface area (Å²) in [5.41, 5.74) is 0.746. The summed E-state index contributed by atoms with van der Waals surface area (Å²) in [6.45, 7) is 1.72. The Bertz CT molecular complexity index is 473. The lowest BCUT2D eigenvalue weighted by Crippen LogP contribution is -2.28. The Morgan fingerprint density at radius 1 is 1.56 bits per heavy atom. The lowest BCUT2D eigenvalue weighted by Gasteiger charge is -2.04. The number of benzene rings is 1. The quantitative estimate of drug-likeness (QED) is 0.843. The lowest BCUT2D eigenvalue weighted by atomic mass is 10.1. The number of hydrogen-bond acceptors (Lipinski definition) is 2. The van der Waals surface area contributed by atoms with Gasteiger partial charge < -0.3 is 5.32 Å². The van der Waals surface area contributed by atoms with Crippen molar-refractivity contribution in [1.82, 2.24) is 5.32 Å². The van der Waals surface area contributed by atoms with Gasteiger partial charge in [0.2, 0.25) is 5.91 Å². The van der Waals surface area contributed by atoms with E-state index in [4.69, 9.17) is 11.6 Å². The topological polar surface area (TPSA) is 41.5 Å². The van der Waals surface area contributed by atoms with Crippen molar-refractivity contribution in [2.24, 2.45) is 4.99 Å². The van der Waals surface area contributed by atoms with Crippen LogP contribution in [-0.4, -0.2) is 17.8 Å². The fraction of sp³-hybridized carbons (Fsp3) is 0.273. The van der Waals surface area contributed by atoms with E-state index in [0.29, 0.717) is 17.3 Å². The van der Waals surface area contributed by atoms with Gasteiger partial charge in [0.1, 0.15) is 17.7 Å². The van der Waals surface area contributed by atoms with E-state index in [9.17, 15) is 9.18 Å². The summed E-state index contributed by atoms with van der Waals surface area (Å²) in [5.74, 6) is 0.0822. The van der Waals surface area contributed by atoms with Gasteiger partial charge in [-0.15, -0.1) is 0 Å². The minimum Gasteiger partial charge on any atom is -0.312 e. The summed E-state index contributed by atoms with van der Waals surface area (Å²) in [5, 5.41) is 3.00. The van der Waals surface area contributed by atoms with Crippen LogP contribution in [0.5, 0.6) is 0 Å². The molecular formula is C11H10ClFN2O. The Morgan fingerprint density at radius 2 is 2.31 bits per heavy atom. The Labute approximate surface area is 97.3 Å². The average Bonchev–Trinajstić information content (AvgIpc) is 2.51. The normalized spacial score (nSPS) is 19.6. The molecule has 1 N–H and O–H groups in total. The van der Waals surface area contributed by atoms with Gasteiger partial charge >= 0.3 is 0 Å². The molecule has 0 fully saturated rings. The van der Waals surface area contributed by atoms with Gasteiger partial charge in [-0.1, -0.05) is 17.7 Å². The van der Waals surface area contributed by atoms with Crippen LogP contribution in [0.25, 0.3) is 0 Å². The minimum atomic E-state index is -0.375. The number of nitrogens with zero attached hydrogens (tertiary/aromatic N) is 1. The Kier molecular flexibility index (Phi) is 2.92. The van der Waals surface area contributed by atoms with Gasteiger partial charge in [0.05, 0.1) is 0 Å². The molecule has 1 atom stereocenters. The molecule has 0 aromatic heterocycles. The van der Waals surface area contributed by atoms with E-state index in [-0.39, 0.29) is 17.8 Å². The van der Waals surface area contributed by atoms with E-state index in [1.54, 1.807) is 13.0 Å². The van der Waals surface area contributed by atoms with E-state index >= 15 is 0 Å². The molecule has 16 heavy (non-hydrogen) atoms. The van der Waals surface area contributed by atoms with Crippen molar-refractivity contribution in [3.63, 3.8) is 0 Å². The van der Waals surface area contributed by atoms with Crippen LogP contribution in [0.2, 0.25) is 5.02 Å². The zero-order valence-electron chi connectivity index (χ0n) is 8.63. The summed E-state index contributed by atoms with van der Waals surface area (Å²) in [7, 11) is 0. The molecule has 2 rings (SSSR count). The van der Waals surface area contributed by atoms with Crippen LogP contribution < -0.4 is 5.32 Å². The summed E-state index contributed by atoms with van der Waals surface area (Å²) in [6.07, 6.45) is 0.412. The summed E-state index contributed by atoms with van der Waals surface area (Å²) in [6, 6.07) is 3.82. The number of halogens is 2. The summed E-state index contributed by atoms with van der Waals surface area (Å²) < 4.78 is 12.8. The van der Waals surface area contributed by atoms with Crippen molar-refractivity contribution in [3.05, 3.63) is 34.6 Å². The summed E-state index contributed by atoms with van der Waals surface area (Å²) >= 11 is 5.87. The monoisotopic (exact) mass is 240 g/mol. The van der Waals surface area contributed by atoms with E-state index in [0.717, 1.165) is 5.56 Å². The van der Waals surface area contributed by atoms with Crippen LogP contribution >= 0.6 is 11.6 Å². The largest absolute Gasteiger partial charge is 0.312 e. The number of amides is 1. The van der Waals surface area contributed by atoms with Crippen molar-refractivity contribution in [1.29, 1.82) is 0 Å². The first-order valence-electron chi connectivity index (χ1n) is 4.88. The number of nitrogens with one attached hydrogen (secondary N) is 1. The average molecular weight is 241 g/mol. The third kappa shape index (κ3) is 2.22. The highest BCUT2D eigenvalue weighted by atomic mass is 35.5. The molecule has 1 amide bonds. The van der Waals surface area contributed by atoms with Gasteiger partial charge in [-0.25, -0.2) is 4.39 Å². The van der Waals surface area contributed by atoms with Crippen molar-refractivity contribution in [2.75, 3.05) is 0 Å². The molecule has 0 saturated heterocycles. The SMILES string of the molecule is CC1N=C(Cc2ccc(F)cc2Cl)NC1=O. The molecule has 1 aromatic carbocycles. The molecule has 0 aliphatic carbocycles. The van der Waals surface area contributed by atoms with Crippen molar-refractivity contribution in [3.8, 4) is 0 Å². The second-order valence-corrected chi connectivity index (χ2v) is 4.06. The molecule has 0 radical (unpaired) electrons. The van der Waals surface area contributed by atoms with Gasteiger partial charge in [-0.3, -0.25) is 9.79 Å². The van der Waals surface area contributed by atoms with Crippen molar-refractivity contribution in [2.45, 2.75) is 19.4 Å². The van der Waals surface area contributed by atoms with Crippen LogP contribution in [0.15, 0.2) is 23.2 Å². The van der Waals surface area contributed by atoms with E-state index in [1.807, 2.05) is 0 Å². The van der Waals surface area contributed by atoms with Crippen molar-refractivity contribution < 1.29 is 9.18 Å². The lowest BCUT2D eigenvalue weighted by molar-refractivity contribution is -0.119. The molecule has 5 heteroatoms. The number of hydrogen-bond donors (Lipinski definition) is 1. The molecule has 0 bridgehead atoms. The molecule has 1 aliphatic heterocycles. The van der Waals surface area contributed by atoms with Gasteiger partial charge in [0, 0.05) is 11.4 Å². The fourth-order valence-corrected chi connectivity index (χ4v) is 1.74. The second-order valence-electron chi connectivity index (χ2n) is 3.65. The van der Waals surface area contributed by atoms with Crippen molar-refractivity contribution >= 4 is 23.3 Å². The molecular weight excluding hydrogens is 231 g/mol. The molecule has 1 unspecified atom stereocenters. The molecule has 1 aromatic rings. The molecule has 0 spiro atoms. The van der Waals surface area contributed by atoms with Crippen LogP contribution in [0.1, 0.15) is 12.5 Å². The van der Waals surface area contributed by atoms with Crippen LogP contribution in [-0.2, 0) is 11.2 Å². The molecule has 1 aliphatic rings. The highest BCUT2D eigenvalue weighted by Crippen LogP contribution is 2.18. The van der Waals surface area contributed by atoms with Gasteiger partial charge in [-0.05, 0) is 24.6 Å². The molecule has 0 saturated carbocycles. The third-order valence-corrected chi connectivity index (χ3v) is 2.72. The zero-order chi connectivity index (χ0) is 11.7. The maximum Gasteiger partial charge on any atom is 0.249 e. The molecule has 1 heterocycles. The number of amidine groups is 1. The van der Waals surface area contributed by atoms with Crippen LogP contribution in [0, 0.1) is 5.82 Å². The maximum atomic E-state index is 12.8. The Morgan fingerprint density at radius 3 is 2.88 bits per heavy atom. The molecule has 3 nitrogen and oxygen atoms in total. The smallest absolute Gasteiger partial charge is 0.249 e. The highest BCUT2D eigenvalue weighted by Gasteiger charge is 2.21. The standard InChI is InChI=1S/C11H10ClFN2O/c1-6-11(16)15-10(14-6)4-7-2-3-8(13)5-9(7)12/h2-3,5-6H,4H2,1H3,(H,14,15,16). The minimum absolute atomic E-state index is 0.117. The number of rotatable bonds is 2. The maximum absolute atomic E-state index is 12.8. The number of aliphatic imine (C=N–C) groups is 1. The van der Waals surface area contributed by atoms with E-state index < -0.39 is 0 Å². The van der Waals surface area contributed by atoms with E-state index in [1.165, 1.54) is 12.1 Å². The van der Waals surface area contributed by atoms with Gasteiger partial charge in [-0.2, -0.15) is 0 Å².